The van der Waals surface area contributed by atoms with E-state index in [2.05, 4.69) is 23.7 Å². The predicted molar refractivity (Wildman–Crippen MR) is 37.0 cm³/mol. The summed E-state index contributed by atoms with van der Waals surface area (Å²) in [5.74, 6) is 9.75. The first-order chi connectivity index (χ1) is 4.81. The van der Waals surface area contributed by atoms with Crippen molar-refractivity contribution >= 4 is 0 Å². The van der Waals surface area contributed by atoms with Crippen molar-refractivity contribution in [1.82, 2.24) is 5.48 Å². The molecule has 0 aliphatic carbocycles. The molecule has 1 atom stereocenters. The first-order valence-corrected chi connectivity index (χ1v) is 2.80. The smallest absolute Gasteiger partial charge is 0.105 e. The summed E-state index contributed by atoms with van der Waals surface area (Å²) in [5, 5.41) is 16.4. The van der Waals surface area contributed by atoms with E-state index in [0.717, 1.165) is 0 Å². The first-order valence-electron chi connectivity index (χ1n) is 2.80. The first kappa shape index (κ1) is 9.00. The van der Waals surface area contributed by atoms with E-state index in [1.54, 1.807) is 6.92 Å². The number of rotatable bonds is 1. The van der Waals surface area contributed by atoms with E-state index in [4.69, 9.17) is 10.3 Å². The van der Waals surface area contributed by atoms with E-state index in [0.29, 0.717) is 0 Å². The summed E-state index contributed by atoms with van der Waals surface area (Å²) in [5.41, 5.74) is 1.94. The van der Waals surface area contributed by atoms with Gasteiger partial charge in [-0.1, -0.05) is 11.8 Å². The average Bonchev–Trinajstić information content (AvgIpc) is 1.98. The molecule has 54 valence electrons. The van der Waals surface area contributed by atoms with Gasteiger partial charge >= 0.3 is 0 Å². The molecule has 3 N–H and O–H groups in total. The van der Waals surface area contributed by atoms with Crippen molar-refractivity contribution in [3.05, 3.63) is 0 Å². The lowest BCUT2D eigenvalue weighted by atomic mass is 10.4. The number of aliphatic hydroxyl groups is 1. The van der Waals surface area contributed by atoms with Crippen LogP contribution in [0.2, 0.25) is 0 Å². The molecule has 0 aliphatic heterocycles. The lowest BCUT2D eigenvalue weighted by molar-refractivity contribution is 0.152. The largest absolute Gasteiger partial charge is 0.384 e. The molecule has 0 aromatic carbocycles. The summed E-state index contributed by atoms with van der Waals surface area (Å²) in [6.07, 6.45) is 0. The highest BCUT2D eigenvalue weighted by molar-refractivity contribution is 5.27. The molecule has 0 rings (SSSR count). The van der Waals surface area contributed by atoms with Crippen LogP contribution in [0.25, 0.3) is 0 Å². The maximum absolute atomic E-state index is 8.24. The van der Waals surface area contributed by atoms with Crippen LogP contribution in [0, 0.1) is 23.7 Å². The van der Waals surface area contributed by atoms with Crippen molar-refractivity contribution in [2.45, 2.75) is 13.0 Å². The van der Waals surface area contributed by atoms with E-state index in [-0.39, 0.29) is 12.6 Å². The van der Waals surface area contributed by atoms with Crippen molar-refractivity contribution < 1.29 is 10.3 Å². The molecule has 0 aliphatic rings. The van der Waals surface area contributed by atoms with Crippen LogP contribution in [0.5, 0.6) is 0 Å². The molecule has 0 aromatic rings. The summed E-state index contributed by atoms with van der Waals surface area (Å²) >= 11 is 0. The third-order valence-electron chi connectivity index (χ3n) is 0.712. The van der Waals surface area contributed by atoms with Crippen LogP contribution in [-0.4, -0.2) is 23.0 Å². The van der Waals surface area contributed by atoms with Crippen LogP contribution in [0.1, 0.15) is 6.92 Å². The zero-order valence-corrected chi connectivity index (χ0v) is 5.68. The Kier molecular flexibility index (Phi) is 5.51. The molecule has 0 fully saturated rings. The van der Waals surface area contributed by atoms with Crippen LogP contribution < -0.4 is 5.48 Å². The second kappa shape index (κ2) is 6.12. The summed E-state index contributed by atoms with van der Waals surface area (Å²) < 4.78 is 0. The Morgan fingerprint density at radius 2 is 2.20 bits per heavy atom. The Hall–Kier alpha value is -1.00. The Balaban J connectivity index is 3.68. The molecule has 0 spiro atoms. The van der Waals surface area contributed by atoms with Crippen LogP contribution in [0.4, 0.5) is 0 Å². The molecule has 0 aromatic heterocycles. The van der Waals surface area contributed by atoms with Crippen molar-refractivity contribution in [2.24, 2.45) is 0 Å². The zero-order valence-electron chi connectivity index (χ0n) is 5.68. The van der Waals surface area contributed by atoms with E-state index < -0.39 is 0 Å². The number of hydrogen-bond donors (Lipinski definition) is 3. The lowest BCUT2D eigenvalue weighted by Gasteiger charge is -1.94. The third kappa shape index (κ3) is 5.14. The maximum atomic E-state index is 8.24. The van der Waals surface area contributed by atoms with Gasteiger partial charge in [-0.05, 0) is 18.8 Å². The zero-order chi connectivity index (χ0) is 7.82. The van der Waals surface area contributed by atoms with Gasteiger partial charge in [-0.15, -0.1) is 0 Å². The molecular weight excluding hydrogens is 130 g/mol. The van der Waals surface area contributed by atoms with Crippen molar-refractivity contribution in [1.29, 1.82) is 0 Å². The van der Waals surface area contributed by atoms with Crippen LogP contribution in [-0.2, 0) is 0 Å². The van der Waals surface area contributed by atoms with Crippen LogP contribution >= 0.6 is 0 Å². The summed E-state index contributed by atoms with van der Waals surface area (Å²) in [6, 6.07) is -0.284. The Morgan fingerprint density at radius 3 is 2.70 bits per heavy atom. The van der Waals surface area contributed by atoms with Gasteiger partial charge in [0.05, 0.1) is 6.04 Å². The van der Waals surface area contributed by atoms with Gasteiger partial charge in [0.1, 0.15) is 6.61 Å². The predicted octanol–water partition coefficient (Wildman–Crippen LogP) is -0.647. The van der Waals surface area contributed by atoms with Crippen molar-refractivity contribution in [2.75, 3.05) is 6.61 Å². The molecule has 3 nitrogen and oxygen atoms in total. The summed E-state index contributed by atoms with van der Waals surface area (Å²) in [6.45, 7) is 1.50. The second-order valence-electron chi connectivity index (χ2n) is 1.58. The molecular formula is C7H9NO2. The molecule has 0 bridgehead atoms. The molecule has 0 saturated heterocycles. The van der Waals surface area contributed by atoms with Crippen LogP contribution in [0.3, 0.4) is 0 Å². The Bertz CT molecular complexity index is 191. The SMILES string of the molecule is CC(C#CC#CCO)NO. The van der Waals surface area contributed by atoms with Gasteiger partial charge < -0.3 is 10.3 Å². The molecule has 1 unspecified atom stereocenters. The average molecular weight is 139 g/mol. The quantitative estimate of drug-likeness (QED) is 0.334. The van der Waals surface area contributed by atoms with Gasteiger partial charge in [0, 0.05) is 0 Å². The summed E-state index contributed by atoms with van der Waals surface area (Å²) in [7, 11) is 0. The Morgan fingerprint density at radius 1 is 1.50 bits per heavy atom. The minimum atomic E-state index is -0.284. The summed E-state index contributed by atoms with van der Waals surface area (Å²) in [4.78, 5) is 0. The van der Waals surface area contributed by atoms with Crippen molar-refractivity contribution in [3.8, 4) is 23.7 Å². The fourth-order valence-corrected chi connectivity index (χ4v) is 0.260. The molecule has 0 saturated carbocycles. The number of aliphatic hydroxyl groups excluding tert-OH is 1. The van der Waals surface area contributed by atoms with Gasteiger partial charge in [-0.2, -0.15) is 5.48 Å². The van der Waals surface area contributed by atoms with Gasteiger partial charge in [0.2, 0.25) is 0 Å². The van der Waals surface area contributed by atoms with Gasteiger partial charge in [-0.25, -0.2) is 0 Å². The molecule has 3 heteroatoms. The third-order valence-corrected chi connectivity index (χ3v) is 0.712. The van der Waals surface area contributed by atoms with Gasteiger partial charge in [-0.3, -0.25) is 0 Å². The minimum absolute atomic E-state index is 0.185. The Labute approximate surface area is 60.0 Å². The lowest BCUT2D eigenvalue weighted by Crippen LogP contribution is -2.19. The number of hydroxylamine groups is 1. The molecule has 0 radical (unpaired) electrons. The fourth-order valence-electron chi connectivity index (χ4n) is 0.260. The number of nitrogens with one attached hydrogen (secondary N) is 1. The topological polar surface area (TPSA) is 52.5 Å². The van der Waals surface area contributed by atoms with E-state index in [1.165, 1.54) is 0 Å². The second-order valence-corrected chi connectivity index (χ2v) is 1.58. The monoisotopic (exact) mass is 139 g/mol. The highest BCUT2D eigenvalue weighted by Gasteiger charge is 1.86. The van der Waals surface area contributed by atoms with E-state index in [1.807, 2.05) is 5.48 Å². The highest BCUT2D eigenvalue weighted by Crippen LogP contribution is 1.70. The van der Waals surface area contributed by atoms with Crippen molar-refractivity contribution in [3.63, 3.8) is 0 Å². The fraction of sp³-hybridized carbons (Fsp3) is 0.429. The van der Waals surface area contributed by atoms with Crippen LogP contribution in [0.15, 0.2) is 0 Å². The molecule has 0 amide bonds. The highest BCUT2D eigenvalue weighted by atomic mass is 16.5. The minimum Gasteiger partial charge on any atom is -0.384 e. The van der Waals surface area contributed by atoms with E-state index >= 15 is 0 Å². The normalized spacial score (nSPS) is 10.3. The number of hydrogen-bond acceptors (Lipinski definition) is 3. The molecule has 10 heavy (non-hydrogen) atoms. The van der Waals surface area contributed by atoms with Gasteiger partial charge in [0.25, 0.3) is 0 Å². The molecule has 0 heterocycles. The standard InChI is InChI=1S/C7H9NO2/c1-7(8-10)5-3-2-4-6-9/h7-10H,6H2,1H3. The maximum Gasteiger partial charge on any atom is 0.105 e. The van der Waals surface area contributed by atoms with Gasteiger partial charge in [0.15, 0.2) is 0 Å². The van der Waals surface area contributed by atoms with E-state index in [9.17, 15) is 0 Å².